The minimum absolute atomic E-state index is 0.0269. The first-order valence-corrected chi connectivity index (χ1v) is 7.20. The fourth-order valence-electron chi connectivity index (χ4n) is 2.42. The molecule has 0 bridgehead atoms. The van der Waals surface area contributed by atoms with Crippen LogP contribution in [0.5, 0.6) is 5.75 Å². The molecule has 1 unspecified atom stereocenters. The molecule has 21 heavy (non-hydrogen) atoms. The van der Waals surface area contributed by atoms with Crippen molar-refractivity contribution < 1.29 is 9.13 Å². The van der Waals surface area contributed by atoms with E-state index >= 15 is 0 Å². The van der Waals surface area contributed by atoms with E-state index in [4.69, 9.17) is 4.74 Å². The van der Waals surface area contributed by atoms with Crippen LogP contribution in [0.2, 0.25) is 0 Å². The van der Waals surface area contributed by atoms with E-state index < -0.39 is 0 Å². The molecule has 5 heteroatoms. The van der Waals surface area contributed by atoms with Gasteiger partial charge in [-0.1, -0.05) is 19.1 Å². The number of hydrogen-bond acceptors (Lipinski definition) is 3. The first-order chi connectivity index (χ1) is 10.2. The normalized spacial score (nSPS) is 12.4. The largest absolute Gasteiger partial charge is 0.494 e. The SMILES string of the molecule is CCCNC(Cc1cccc(OC)c1F)c1ccnn1C. The molecule has 2 rings (SSSR count). The summed E-state index contributed by atoms with van der Waals surface area (Å²) in [5.41, 5.74) is 1.69. The Hall–Kier alpha value is -1.88. The number of rotatable bonds is 7. The summed E-state index contributed by atoms with van der Waals surface area (Å²) in [5.74, 6) is -0.00258. The highest BCUT2D eigenvalue weighted by molar-refractivity contribution is 5.32. The van der Waals surface area contributed by atoms with Gasteiger partial charge in [0.25, 0.3) is 0 Å². The van der Waals surface area contributed by atoms with Crippen molar-refractivity contribution in [2.24, 2.45) is 7.05 Å². The third kappa shape index (κ3) is 3.61. The van der Waals surface area contributed by atoms with Crippen LogP contribution in [0.3, 0.4) is 0 Å². The molecule has 0 aliphatic carbocycles. The summed E-state index contributed by atoms with van der Waals surface area (Å²) in [6.07, 6.45) is 3.34. The molecule has 1 aromatic heterocycles. The summed E-state index contributed by atoms with van der Waals surface area (Å²) in [4.78, 5) is 0. The molecule has 114 valence electrons. The number of halogens is 1. The van der Waals surface area contributed by atoms with Crippen molar-refractivity contribution in [3.63, 3.8) is 0 Å². The van der Waals surface area contributed by atoms with Crippen molar-refractivity contribution >= 4 is 0 Å². The quantitative estimate of drug-likeness (QED) is 0.852. The van der Waals surface area contributed by atoms with Crippen molar-refractivity contribution in [1.82, 2.24) is 15.1 Å². The molecule has 4 nitrogen and oxygen atoms in total. The number of hydrogen-bond donors (Lipinski definition) is 1. The summed E-state index contributed by atoms with van der Waals surface area (Å²) >= 11 is 0. The van der Waals surface area contributed by atoms with E-state index in [2.05, 4.69) is 17.3 Å². The highest BCUT2D eigenvalue weighted by Gasteiger charge is 2.18. The molecular weight excluding hydrogens is 269 g/mol. The van der Waals surface area contributed by atoms with E-state index in [-0.39, 0.29) is 17.6 Å². The number of ether oxygens (including phenoxy) is 1. The molecule has 0 aliphatic rings. The van der Waals surface area contributed by atoms with E-state index in [0.717, 1.165) is 18.7 Å². The van der Waals surface area contributed by atoms with Gasteiger partial charge >= 0.3 is 0 Å². The molecule has 0 saturated heterocycles. The third-order valence-electron chi connectivity index (χ3n) is 3.54. The van der Waals surface area contributed by atoms with Crippen molar-refractivity contribution in [2.75, 3.05) is 13.7 Å². The van der Waals surface area contributed by atoms with Gasteiger partial charge < -0.3 is 10.1 Å². The van der Waals surface area contributed by atoms with Gasteiger partial charge in [-0.15, -0.1) is 0 Å². The Kier molecular flexibility index (Phi) is 5.33. The predicted molar refractivity (Wildman–Crippen MR) is 80.9 cm³/mol. The molecular formula is C16H22FN3O. The van der Waals surface area contributed by atoms with Gasteiger partial charge in [0.2, 0.25) is 0 Å². The summed E-state index contributed by atoms with van der Waals surface area (Å²) in [7, 11) is 3.38. The zero-order valence-electron chi connectivity index (χ0n) is 12.8. The fraction of sp³-hybridized carbons (Fsp3) is 0.438. The lowest BCUT2D eigenvalue weighted by atomic mass is 10.0. The lowest BCUT2D eigenvalue weighted by Crippen LogP contribution is -2.26. The molecule has 0 radical (unpaired) electrons. The molecule has 1 N–H and O–H groups in total. The fourth-order valence-corrected chi connectivity index (χ4v) is 2.42. The van der Waals surface area contributed by atoms with Gasteiger partial charge in [-0.2, -0.15) is 5.10 Å². The Morgan fingerprint density at radius 3 is 2.81 bits per heavy atom. The van der Waals surface area contributed by atoms with Crippen LogP contribution in [0.4, 0.5) is 4.39 Å². The lowest BCUT2D eigenvalue weighted by Gasteiger charge is -2.19. The molecule has 1 heterocycles. The minimum atomic E-state index is -0.287. The molecule has 0 amide bonds. The third-order valence-corrected chi connectivity index (χ3v) is 3.54. The number of nitrogens with zero attached hydrogens (tertiary/aromatic N) is 2. The molecule has 0 spiro atoms. The van der Waals surface area contributed by atoms with Crippen molar-refractivity contribution in [2.45, 2.75) is 25.8 Å². The number of nitrogens with one attached hydrogen (secondary N) is 1. The molecule has 2 aromatic rings. The van der Waals surface area contributed by atoms with Crippen molar-refractivity contribution in [3.05, 3.63) is 47.5 Å². The van der Waals surface area contributed by atoms with Gasteiger partial charge in [0.1, 0.15) is 0 Å². The maximum atomic E-state index is 14.3. The van der Waals surface area contributed by atoms with Gasteiger partial charge in [0.05, 0.1) is 18.8 Å². The van der Waals surface area contributed by atoms with Gasteiger partial charge in [-0.3, -0.25) is 4.68 Å². The first-order valence-electron chi connectivity index (χ1n) is 7.20. The Morgan fingerprint density at radius 1 is 1.38 bits per heavy atom. The Balaban J connectivity index is 2.25. The smallest absolute Gasteiger partial charge is 0.168 e. The standard InChI is InChI=1S/C16H22FN3O/c1-4-9-18-13(14-8-10-19-20(14)2)11-12-6-5-7-15(21-3)16(12)17/h5-8,10,13,18H,4,9,11H2,1-3H3. The highest BCUT2D eigenvalue weighted by atomic mass is 19.1. The van der Waals surface area contributed by atoms with Gasteiger partial charge in [0, 0.05) is 13.2 Å². The number of methoxy groups -OCH3 is 1. The topological polar surface area (TPSA) is 39.1 Å². The highest BCUT2D eigenvalue weighted by Crippen LogP contribution is 2.25. The van der Waals surface area contributed by atoms with E-state index in [9.17, 15) is 4.39 Å². The Labute approximate surface area is 124 Å². The average molecular weight is 291 g/mol. The van der Waals surface area contributed by atoms with E-state index in [0.29, 0.717) is 12.0 Å². The number of aryl methyl sites for hydroxylation is 1. The van der Waals surface area contributed by atoms with E-state index in [1.54, 1.807) is 18.3 Å². The van der Waals surface area contributed by atoms with Gasteiger partial charge in [-0.05, 0) is 37.1 Å². The molecule has 0 saturated carbocycles. The van der Waals surface area contributed by atoms with Crippen LogP contribution in [0.1, 0.15) is 30.6 Å². The zero-order valence-corrected chi connectivity index (χ0v) is 12.8. The predicted octanol–water partition coefficient (Wildman–Crippen LogP) is 2.85. The van der Waals surface area contributed by atoms with Crippen LogP contribution in [0.25, 0.3) is 0 Å². The molecule has 0 aliphatic heterocycles. The Morgan fingerprint density at radius 2 is 2.19 bits per heavy atom. The molecule has 1 aromatic carbocycles. The second-order valence-electron chi connectivity index (χ2n) is 5.02. The molecule has 1 atom stereocenters. The maximum Gasteiger partial charge on any atom is 0.168 e. The van der Waals surface area contributed by atoms with Crippen LogP contribution >= 0.6 is 0 Å². The van der Waals surface area contributed by atoms with Crippen LogP contribution in [0, 0.1) is 5.82 Å². The maximum absolute atomic E-state index is 14.3. The summed E-state index contributed by atoms with van der Waals surface area (Å²) in [5, 5.41) is 7.66. The summed E-state index contributed by atoms with van der Waals surface area (Å²) in [6.45, 7) is 2.99. The second kappa shape index (κ2) is 7.22. The zero-order chi connectivity index (χ0) is 15.2. The van der Waals surface area contributed by atoms with Crippen LogP contribution in [-0.4, -0.2) is 23.4 Å². The number of benzene rings is 1. The van der Waals surface area contributed by atoms with Crippen LogP contribution < -0.4 is 10.1 Å². The van der Waals surface area contributed by atoms with E-state index in [1.807, 2.05) is 23.9 Å². The van der Waals surface area contributed by atoms with Gasteiger partial charge in [-0.25, -0.2) is 4.39 Å². The average Bonchev–Trinajstić information content (AvgIpc) is 2.91. The van der Waals surface area contributed by atoms with Crippen molar-refractivity contribution in [1.29, 1.82) is 0 Å². The summed E-state index contributed by atoms with van der Waals surface area (Å²) < 4.78 is 21.2. The van der Waals surface area contributed by atoms with Crippen LogP contribution in [0.15, 0.2) is 30.5 Å². The summed E-state index contributed by atoms with van der Waals surface area (Å²) in [6, 6.07) is 7.24. The first kappa shape index (κ1) is 15.5. The molecule has 0 fully saturated rings. The van der Waals surface area contributed by atoms with Crippen molar-refractivity contribution in [3.8, 4) is 5.75 Å². The van der Waals surface area contributed by atoms with Gasteiger partial charge in [0.15, 0.2) is 11.6 Å². The second-order valence-corrected chi connectivity index (χ2v) is 5.02. The van der Waals surface area contributed by atoms with E-state index in [1.165, 1.54) is 7.11 Å². The number of aromatic nitrogens is 2. The lowest BCUT2D eigenvalue weighted by molar-refractivity contribution is 0.382. The Bertz CT molecular complexity index is 583. The minimum Gasteiger partial charge on any atom is -0.494 e. The monoisotopic (exact) mass is 291 g/mol. The van der Waals surface area contributed by atoms with Crippen LogP contribution in [-0.2, 0) is 13.5 Å².